The lowest BCUT2D eigenvalue weighted by Crippen LogP contribution is -2.40. The normalized spacial score (nSPS) is 16.8. The highest BCUT2D eigenvalue weighted by molar-refractivity contribution is 7.90. The molecule has 1 amide bonds. The molecule has 0 saturated heterocycles. The standard InChI is InChI=1S/C21H27N3O2S/c1-14(23-27(26)21(2,3)4)17-11-18(13-22-12-17)15-6-8-19-16(10-15)7-9-20(25)24(19)5/h6,8,10-14,23H,7,9H2,1-5H3/t14-,27?/m0/s1. The fourth-order valence-electron chi connectivity index (χ4n) is 3.09. The average molecular weight is 386 g/mol. The minimum Gasteiger partial charge on any atom is -0.598 e. The van der Waals surface area contributed by atoms with Crippen LogP contribution in [0.1, 0.15) is 51.3 Å². The average Bonchev–Trinajstić information content (AvgIpc) is 2.64. The number of amides is 1. The number of aromatic nitrogens is 1. The highest BCUT2D eigenvalue weighted by Gasteiger charge is 2.28. The van der Waals surface area contributed by atoms with Gasteiger partial charge in [0.2, 0.25) is 5.91 Å². The van der Waals surface area contributed by atoms with Crippen LogP contribution in [0.3, 0.4) is 0 Å². The second-order valence-corrected chi connectivity index (χ2v) is 10.0. The number of hydrogen-bond donors (Lipinski definition) is 1. The Kier molecular flexibility index (Phi) is 5.60. The summed E-state index contributed by atoms with van der Waals surface area (Å²) in [5.74, 6) is 0.158. The fourth-order valence-corrected chi connectivity index (χ4v) is 3.90. The summed E-state index contributed by atoms with van der Waals surface area (Å²) in [7, 11) is 1.82. The second-order valence-electron chi connectivity index (χ2n) is 8.02. The third-order valence-electron chi connectivity index (χ3n) is 4.86. The molecule has 1 aliphatic heterocycles. The van der Waals surface area contributed by atoms with Crippen molar-refractivity contribution in [2.24, 2.45) is 0 Å². The number of nitrogens with zero attached hydrogens (tertiary/aromatic N) is 2. The molecule has 1 aromatic heterocycles. The smallest absolute Gasteiger partial charge is 0.227 e. The van der Waals surface area contributed by atoms with Crippen molar-refractivity contribution in [3.63, 3.8) is 0 Å². The molecular formula is C21H27N3O2S. The van der Waals surface area contributed by atoms with Crippen molar-refractivity contribution in [2.45, 2.75) is 51.3 Å². The Morgan fingerprint density at radius 3 is 2.63 bits per heavy atom. The van der Waals surface area contributed by atoms with E-state index in [0.29, 0.717) is 6.42 Å². The molecule has 0 fully saturated rings. The Morgan fingerprint density at radius 1 is 1.19 bits per heavy atom. The number of carbonyl (C=O) groups excluding carboxylic acids is 1. The van der Waals surface area contributed by atoms with Crippen LogP contribution in [0.15, 0.2) is 36.7 Å². The molecule has 1 N–H and O–H groups in total. The maximum atomic E-state index is 12.4. The molecule has 6 heteroatoms. The van der Waals surface area contributed by atoms with E-state index in [0.717, 1.165) is 28.8 Å². The Hall–Kier alpha value is -1.89. The summed E-state index contributed by atoms with van der Waals surface area (Å²) in [5, 5.41) is 0. The van der Waals surface area contributed by atoms with Gasteiger partial charge in [-0.05, 0) is 69.0 Å². The van der Waals surface area contributed by atoms with Gasteiger partial charge >= 0.3 is 0 Å². The van der Waals surface area contributed by atoms with Gasteiger partial charge in [-0.2, -0.15) is 0 Å². The maximum Gasteiger partial charge on any atom is 0.227 e. The van der Waals surface area contributed by atoms with Crippen LogP contribution in [0.25, 0.3) is 11.1 Å². The van der Waals surface area contributed by atoms with E-state index in [1.165, 1.54) is 5.56 Å². The Labute approximate surface area is 164 Å². The van der Waals surface area contributed by atoms with E-state index in [-0.39, 0.29) is 16.7 Å². The molecule has 0 saturated carbocycles. The largest absolute Gasteiger partial charge is 0.598 e. The van der Waals surface area contributed by atoms with Crippen molar-refractivity contribution in [1.29, 1.82) is 0 Å². The van der Waals surface area contributed by atoms with Gasteiger partial charge < -0.3 is 9.45 Å². The van der Waals surface area contributed by atoms with E-state index in [1.807, 2.05) is 59.3 Å². The van der Waals surface area contributed by atoms with Crippen LogP contribution in [-0.2, 0) is 22.6 Å². The number of pyridine rings is 1. The molecule has 0 bridgehead atoms. The van der Waals surface area contributed by atoms with Gasteiger partial charge in [-0.25, -0.2) is 0 Å². The number of carbonyl (C=O) groups is 1. The highest BCUT2D eigenvalue weighted by Crippen LogP contribution is 2.32. The zero-order valence-electron chi connectivity index (χ0n) is 16.6. The number of benzene rings is 1. The van der Waals surface area contributed by atoms with Crippen LogP contribution in [0.4, 0.5) is 5.69 Å². The number of fused-ring (bicyclic) bond motifs is 1. The number of aryl methyl sites for hydroxylation is 1. The minimum absolute atomic E-state index is 0.0705. The Balaban J connectivity index is 1.85. The van der Waals surface area contributed by atoms with Crippen LogP contribution in [0, 0.1) is 0 Å². The molecule has 0 spiro atoms. The molecule has 0 aliphatic carbocycles. The number of rotatable bonds is 4. The van der Waals surface area contributed by atoms with E-state index >= 15 is 0 Å². The van der Waals surface area contributed by atoms with E-state index in [9.17, 15) is 9.35 Å². The second kappa shape index (κ2) is 7.62. The summed E-state index contributed by atoms with van der Waals surface area (Å²) >= 11 is -1.14. The van der Waals surface area contributed by atoms with Gasteiger partial charge in [-0.3, -0.25) is 9.78 Å². The molecule has 0 radical (unpaired) electrons. The first-order valence-electron chi connectivity index (χ1n) is 9.19. The molecule has 27 heavy (non-hydrogen) atoms. The fraction of sp³-hybridized carbons (Fsp3) is 0.429. The monoisotopic (exact) mass is 385 g/mol. The maximum absolute atomic E-state index is 12.4. The third kappa shape index (κ3) is 4.34. The van der Waals surface area contributed by atoms with E-state index < -0.39 is 11.4 Å². The Morgan fingerprint density at radius 2 is 1.93 bits per heavy atom. The molecule has 1 aliphatic rings. The summed E-state index contributed by atoms with van der Waals surface area (Å²) in [6, 6.07) is 8.19. The van der Waals surface area contributed by atoms with Crippen LogP contribution in [-0.4, -0.2) is 27.2 Å². The lowest BCUT2D eigenvalue weighted by Gasteiger charge is -2.27. The number of hydrogen-bond acceptors (Lipinski definition) is 4. The lowest BCUT2D eigenvalue weighted by molar-refractivity contribution is -0.118. The summed E-state index contributed by atoms with van der Waals surface area (Å²) in [5.41, 5.74) is 5.25. The minimum atomic E-state index is -1.14. The van der Waals surface area contributed by atoms with Gasteiger partial charge in [-0.1, -0.05) is 6.07 Å². The van der Waals surface area contributed by atoms with Gasteiger partial charge in [0.1, 0.15) is 4.75 Å². The van der Waals surface area contributed by atoms with Crippen molar-refractivity contribution < 1.29 is 9.35 Å². The molecule has 1 aromatic carbocycles. The lowest BCUT2D eigenvalue weighted by atomic mass is 9.96. The highest BCUT2D eigenvalue weighted by atomic mass is 32.2. The van der Waals surface area contributed by atoms with Crippen molar-refractivity contribution in [1.82, 2.24) is 9.71 Å². The summed E-state index contributed by atoms with van der Waals surface area (Å²) in [6.45, 7) is 7.85. The summed E-state index contributed by atoms with van der Waals surface area (Å²) in [4.78, 5) is 18.0. The predicted molar refractivity (Wildman–Crippen MR) is 111 cm³/mol. The molecular weight excluding hydrogens is 358 g/mol. The summed E-state index contributed by atoms with van der Waals surface area (Å²) < 4.78 is 15.2. The predicted octanol–water partition coefficient (Wildman–Crippen LogP) is 3.77. The SMILES string of the molecule is C[C@H](N[S+]([O-])C(C)(C)C)c1cncc(-c2ccc3c(c2)CCC(=O)N3C)c1. The number of nitrogens with one attached hydrogen (secondary N) is 1. The molecule has 1 unspecified atom stereocenters. The molecule has 2 atom stereocenters. The van der Waals surface area contributed by atoms with Gasteiger partial charge in [0.05, 0.1) is 6.04 Å². The van der Waals surface area contributed by atoms with Crippen molar-refractivity contribution in [2.75, 3.05) is 11.9 Å². The van der Waals surface area contributed by atoms with Gasteiger partial charge in [0.25, 0.3) is 0 Å². The third-order valence-corrected chi connectivity index (χ3v) is 6.54. The molecule has 2 heterocycles. The number of anilines is 1. The molecule has 144 valence electrons. The first-order valence-corrected chi connectivity index (χ1v) is 10.3. The topological polar surface area (TPSA) is 68.3 Å². The van der Waals surface area contributed by atoms with Gasteiger partial charge in [0.15, 0.2) is 0 Å². The zero-order chi connectivity index (χ0) is 19.8. The van der Waals surface area contributed by atoms with E-state index in [2.05, 4.69) is 21.8 Å². The quantitative estimate of drug-likeness (QED) is 0.814. The first-order chi connectivity index (χ1) is 12.7. The van der Waals surface area contributed by atoms with Crippen LogP contribution in [0.2, 0.25) is 0 Å². The van der Waals surface area contributed by atoms with Crippen LogP contribution < -0.4 is 9.62 Å². The summed E-state index contributed by atoms with van der Waals surface area (Å²) in [6.07, 6.45) is 4.97. The first kappa shape index (κ1) is 19.9. The van der Waals surface area contributed by atoms with Crippen LogP contribution >= 0.6 is 0 Å². The van der Waals surface area contributed by atoms with Gasteiger partial charge in [-0.15, -0.1) is 4.72 Å². The molecule has 3 rings (SSSR count). The van der Waals surface area contributed by atoms with Crippen molar-refractivity contribution >= 4 is 23.0 Å². The van der Waals surface area contributed by atoms with Crippen molar-refractivity contribution in [3.05, 3.63) is 47.8 Å². The molecule has 5 nitrogen and oxygen atoms in total. The van der Waals surface area contributed by atoms with Crippen molar-refractivity contribution in [3.8, 4) is 11.1 Å². The van der Waals surface area contributed by atoms with Crippen LogP contribution in [0.5, 0.6) is 0 Å². The van der Waals surface area contributed by atoms with E-state index in [1.54, 1.807) is 4.90 Å². The Bertz CT molecular complexity index is 848. The van der Waals surface area contributed by atoms with Gasteiger partial charge in [0, 0.05) is 48.5 Å². The van der Waals surface area contributed by atoms with E-state index in [4.69, 9.17) is 0 Å². The zero-order valence-corrected chi connectivity index (χ0v) is 17.4. The molecule has 2 aromatic rings.